The molecule has 0 aromatic heterocycles. The SMILES string of the molecule is COC(=O)NCC(F)(F)CN. The number of nitrogens with one attached hydrogen (secondary N) is 1. The lowest BCUT2D eigenvalue weighted by Crippen LogP contribution is -2.41. The van der Waals surface area contributed by atoms with Gasteiger partial charge in [0.15, 0.2) is 0 Å². The molecule has 0 atom stereocenters. The monoisotopic (exact) mass is 168 g/mol. The van der Waals surface area contributed by atoms with Gasteiger partial charge in [-0.1, -0.05) is 0 Å². The van der Waals surface area contributed by atoms with Crippen LogP contribution in [0.4, 0.5) is 13.6 Å². The summed E-state index contributed by atoms with van der Waals surface area (Å²) in [6.45, 7) is -1.59. The fourth-order valence-corrected chi connectivity index (χ4v) is 0.346. The molecule has 0 aromatic rings. The second-order valence-corrected chi connectivity index (χ2v) is 1.91. The van der Waals surface area contributed by atoms with Crippen molar-refractivity contribution >= 4 is 6.09 Å². The maximum atomic E-state index is 12.3. The predicted molar refractivity (Wildman–Crippen MR) is 34.4 cm³/mol. The maximum Gasteiger partial charge on any atom is 0.407 e. The molecule has 66 valence electrons. The molecule has 0 saturated carbocycles. The molecule has 0 heterocycles. The van der Waals surface area contributed by atoms with Gasteiger partial charge in [-0.2, -0.15) is 0 Å². The number of hydrogen-bond acceptors (Lipinski definition) is 3. The van der Waals surface area contributed by atoms with Gasteiger partial charge in [0.1, 0.15) is 0 Å². The largest absolute Gasteiger partial charge is 0.453 e. The van der Waals surface area contributed by atoms with Gasteiger partial charge in [-0.25, -0.2) is 13.6 Å². The minimum absolute atomic E-state index is 0.795. The van der Waals surface area contributed by atoms with Crippen molar-refractivity contribution in [3.8, 4) is 0 Å². The van der Waals surface area contributed by atoms with Crippen molar-refractivity contribution in [2.45, 2.75) is 5.92 Å². The molecule has 0 aliphatic rings. The number of rotatable bonds is 3. The molecule has 11 heavy (non-hydrogen) atoms. The van der Waals surface area contributed by atoms with Crippen LogP contribution >= 0.6 is 0 Å². The first-order valence-corrected chi connectivity index (χ1v) is 2.91. The van der Waals surface area contributed by atoms with E-state index < -0.39 is 25.1 Å². The lowest BCUT2D eigenvalue weighted by atomic mass is 10.3. The molecule has 0 fully saturated rings. The van der Waals surface area contributed by atoms with Crippen LogP contribution < -0.4 is 11.1 Å². The van der Waals surface area contributed by atoms with Crippen LogP contribution in [0.15, 0.2) is 0 Å². The van der Waals surface area contributed by atoms with Crippen molar-refractivity contribution in [3.05, 3.63) is 0 Å². The number of alkyl carbamates (subject to hydrolysis) is 1. The molecule has 0 aliphatic carbocycles. The highest BCUT2D eigenvalue weighted by Crippen LogP contribution is 2.08. The fourth-order valence-electron chi connectivity index (χ4n) is 0.346. The molecule has 3 N–H and O–H groups in total. The van der Waals surface area contributed by atoms with Crippen molar-refractivity contribution in [2.24, 2.45) is 5.73 Å². The smallest absolute Gasteiger partial charge is 0.407 e. The minimum atomic E-state index is -3.06. The van der Waals surface area contributed by atoms with E-state index in [2.05, 4.69) is 4.74 Å². The Morgan fingerprint density at radius 1 is 1.73 bits per heavy atom. The first kappa shape index (κ1) is 10.1. The number of alkyl halides is 2. The van der Waals surface area contributed by atoms with Crippen molar-refractivity contribution in [1.82, 2.24) is 5.32 Å². The van der Waals surface area contributed by atoms with Crippen LogP contribution in [0.5, 0.6) is 0 Å². The Kier molecular flexibility index (Phi) is 3.73. The predicted octanol–water partition coefficient (Wildman–Crippen LogP) is -0.0636. The van der Waals surface area contributed by atoms with Gasteiger partial charge in [-0.15, -0.1) is 0 Å². The first-order chi connectivity index (χ1) is 5.02. The second-order valence-electron chi connectivity index (χ2n) is 1.91. The number of carbonyl (C=O) groups excluding carboxylic acids is 1. The van der Waals surface area contributed by atoms with E-state index in [0.717, 1.165) is 7.11 Å². The summed E-state index contributed by atoms with van der Waals surface area (Å²) >= 11 is 0. The normalized spacial score (nSPS) is 10.9. The van der Waals surface area contributed by atoms with E-state index in [1.807, 2.05) is 5.32 Å². The third-order valence-corrected chi connectivity index (χ3v) is 0.975. The summed E-state index contributed by atoms with van der Waals surface area (Å²) in [7, 11) is 1.09. The van der Waals surface area contributed by atoms with Gasteiger partial charge in [0.05, 0.1) is 20.2 Å². The Bertz CT molecular complexity index is 140. The first-order valence-electron chi connectivity index (χ1n) is 2.91. The third-order valence-electron chi connectivity index (χ3n) is 0.975. The average Bonchev–Trinajstić information content (AvgIpc) is 2.00. The van der Waals surface area contributed by atoms with Gasteiger partial charge in [0.2, 0.25) is 0 Å². The molecule has 0 aromatic carbocycles. The molecular weight excluding hydrogens is 158 g/mol. The van der Waals surface area contributed by atoms with Crippen molar-refractivity contribution in [2.75, 3.05) is 20.2 Å². The van der Waals surface area contributed by atoms with Crippen molar-refractivity contribution < 1.29 is 18.3 Å². The minimum Gasteiger partial charge on any atom is -0.453 e. The van der Waals surface area contributed by atoms with Crippen LogP contribution in [0.25, 0.3) is 0 Å². The third kappa shape index (κ3) is 4.49. The number of hydrogen-bond donors (Lipinski definition) is 2. The van der Waals surface area contributed by atoms with Gasteiger partial charge in [0, 0.05) is 0 Å². The Labute approximate surface area is 62.7 Å². The van der Waals surface area contributed by atoms with Crippen LogP contribution in [0.1, 0.15) is 0 Å². The van der Waals surface area contributed by atoms with Crippen LogP contribution in [-0.4, -0.2) is 32.2 Å². The van der Waals surface area contributed by atoms with Gasteiger partial charge >= 0.3 is 6.09 Å². The highest BCUT2D eigenvalue weighted by Gasteiger charge is 2.27. The maximum absolute atomic E-state index is 12.3. The van der Waals surface area contributed by atoms with E-state index in [1.54, 1.807) is 0 Å². The zero-order chi connectivity index (χ0) is 8.91. The molecule has 1 amide bonds. The highest BCUT2D eigenvalue weighted by molar-refractivity contribution is 5.66. The van der Waals surface area contributed by atoms with Crippen LogP contribution in [0.2, 0.25) is 0 Å². The Morgan fingerprint density at radius 3 is 2.64 bits per heavy atom. The second kappa shape index (κ2) is 4.07. The molecular formula is C5H10F2N2O2. The highest BCUT2D eigenvalue weighted by atomic mass is 19.3. The van der Waals surface area contributed by atoms with Crippen LogP contribution in [-0.2, 0) is 4.74 Å². The number of amides is 1. The summed E-state index contributed by atoms with van der Waals surface area (Å²) in [6, 6.07) is 0. The van der Waals surface area contributed by atoms with E-state index in [-0.39, 0.29) is 0 Å². The molecule has 0 radical (unpaired) electrons. The van der Waals surface area contributed by atoms with Gasteiger partial charge in [0.25, 0.3) is 5.92 Å². The van der Waals surface area contributed by atoms with E-state index >= 15 is 0 Å². The Morgan fingerprint density at radius 2 is 2.27 bits per heavy atom. The topological polar surface area (TPSA) is 64.3 Å². The molecule has 0 unspecified atom stereocenters. The fraction of sp³-hybridized carbons (Fsp3) is 0.800. The molecule has 6 heteroatoms. The molecule has 0 spiro atoms. The summed E-state index contributed by atoms with van der Waals surface area (Å²) in [5, 5.41) is 1.83. The number of carbonyl (C=O) groups is 1. The molecule has 0 bridgehead atoms. The van der Waals surface area contributed by atoms with E-state index in [0.29, 0.717) is 0 Å². The zero-order valence-corrected chi connectivity index (χ0v) is 6.06. The Hall–Kier alpha value is -0.910. The standard InChI is InChI=1S/C5H10F2N2O2/c1-11-4(10)9-3-5(6,7)2-8/h2-3,8H2,1H3,(H,9,10). The number of halogens is 2. The van der Waals surface area contributed by atoms with E-state index in [1.165, 1.54) is 0 Å². The quantitative estimate of drug-likeness (QED) is 0.620. The number of nitrogens with two attached hydrogens (primary N) is 1. The van der Waals surface area contributed by atoms with Gasteiger partial charge in [-0.05, 0) is 0 Å². The lowest BCUT2D eigenvalue weighted by Gasteiger charge is -2.13. The molecule has 0 aliphatic heterocycles. The Balaban J connectivity index is 3.61. The zero-order valence-electron chi connectivity index (χ0n) is 6.06. The molecule has 0 rings (SSSR count). The van der Waals surface area contributed by atoms with Gasteiger partial charge in [-0.3, -0.25) is 0 Å². The molecule has 0 saturated heterocycles. The van der Waals surface area contributed by atoms with Crippen molar-refractivity contribution in [3.63, 3.8) is 0 Å². The number of ether oxygens (including phenoxy) is 1. The summed E-state index contributed by atoms with van der Waals surface area (Å²) in [5.74, 6) is -3.06. The summed E-state index contributed by atoms with van der Waals surface area (Å²) in [6.07, 6.45) is -0.891. The molecule has 4 nitrogen and oxygen atoms in total. The average molecular weight is 168 g/mol. The lowest BCUT2D eigenvalue weighted by molar-refractivity contribution is 0.0118. The van der Waals surface area contributed by atoms with Crippen LogP contribution in [0.3, 0.4) is 0 Å². The van der Waals surface area contributed by atoms with E-state index in [4.69, 9.17) is 5.73 Å². The van der Waals surface area contributed by atoms with Gasteiger partial charge < -0.3 is 15.8 Å². The summed E-state index contributed by atoms with van der Waals surface area (Å²) in [4.78, 5) is 10.3. The van der Waals surface area contributed by atoms with E-state index in [9.17, 15) is 13.6 Å². The van der Waals surface area contributed by atoms with Crippen molar-refractivity contribution in [1.29, 1.82) is 0 Å². The van der Waals surface area contributed by atoms with Crippen LogP contribution in [0, 0.1) is 0 Å². The summed E-state index contributed by atoms with van der Waals surface area (Å²) in [5.41, 5.74) is 4.69. The summed E-state index contributed by atoms with van der Waals surface area (Å²) < 4.78 is 28.6. The number of methoxy groups -OCH3 is 1.